The summed E-state index contributed by atoms with van der Waals surface area (Å²) in [7, 11) is 0. The molecule has 1 amide bonds. The number of halogens is 1. The van der Waals surface area contributed by atoms with E-state index in [1.165, 1.54) is 11.3 Å². The Morgan fingerprint density at radius 2 is 2.20 bits per heavy atom. The molecule has 0 bridgehead atoms. The molecular weight excluding hydrogens is 292 g/mol. The van der Waals surface area contributed by atoms with E-state index in [-0.39, 0.29) is 11.9 Å². The van der Waals surface area contributed by atoms with Gasteiger partial charge in [-0.1, -0.05) is 29.8 Å². The van der Waals surface area contributed by atoms with Crippen molar-refractivity contribution in [3.05, 3.63) is 51.2 Å². The first-order valence-corrected chi connectivity index (χ1v) is 7.78. The van der Waals surface area contributed by atoms with Gasteiger partial charge in [0.1, 0.15) is 4.88 Å². The van der Waals surface area contributed by atoms with Crippen molar-refractivity contribution in [2.45, 2.75) is 19.5 Å². The summed E-state index contributed by atoms with van der Waals surface area (Å²) in [5.74, 6) is -0.0204. The minimum absolute atomic E-state index is 0.0204. The first kappa shape index (κ1) is 13.6. The average Bonchev–Trinajstić information content (AvgIpc) is 2.80. The molecule has 1 atom stereocenters. The Labute approximate surface area is 127 Å². The van der Waals surface area contributed by atoms with Crippen molar-refractivity contribution in [1.29, 1.82) is 0 Å². The molecule has 1 aliphatic rings. The van der Waals surface area contributed by atoms with E-state index in [1.807, 2.05) is 28.5 Å². The maximum absolute atomic E-state index is 12.8. The molecule has 104 valence electrons. The van der Waals surface area contributed by atoms with Crippen molar-refractivity contribution in [3.63, 3.8) is 0 Å². The third-order valence-corrected chi connectivity index (χ3v) is 4.77. The highest BCUT2D eigenvalue weighted by Gasteiger charge is 2.26. The third kappa shape index (κ3) is 2.46. The molecule has 1 unspecified atom stereocenters. The molecule has 0 radical (unpaired) electrons. The van der Waals surface area contributed by atoms with E-state index in [9.17, 15) is 4.79 Å². The van der Waals surface area contributed by atoms with Gasteiger partial charge in [0.2, 0.25) is 0 Å². The number of amides is 1. The van der Waals surface area contributed by atoms with Crippen LogP contribution in [0.2, 0.25) is 5.02 Å². The molecular formula is C15H15ClN2OS. The van der Waals surface area contributed by atoms with Crippen LogP contribution in [0.3, 0.4) is 0 Å². The highest BCUT2D eigenvalue weighted by molar-refractivity contribution is 7.12. The first-order valence-electron chi connectivity index (χ1n) is 6.53. The van der Waals surface area contributed by atoms with Gasteiger partial charge in [-0.05, 0) is 30.0 Å². The minimum atomic E-state index is -0.0204. The predicted molar refractivity (Wildman–Crippen MR) is 83.7 cm³/mol. The van der Waals surface area contributed by atoms with E-state index in [1.54, 1.807) is 6.07 Å². The van der Waals surface area contributed by atoms with Crippen LogP contribution in [0.1, 0.15) is 22.2 Å². The van der Waals surface area contributed by atoms with Crippen LogP contribution in [0, 0.1) is 0 Å². The van der Waals surface area contributed by atoms with Gasteiger partial charge < -0.3 is 10.2 Å². The zero-order valence-corrected chi connectivity index (χ0v) is 12.7. The molecule has 0 saturated carbocycles. The lowest BCUT2D eigenvalue weighted by molar-refractivity contribution is 0.0989. The van der Waals surface area contributed by atoms with Gasteiger partial charge in [0.05, 0.1) is 5.02 Å². The second-order valence-corrected chi connectivity index (χ2v) is 6.25. The number of hydrogen-bond donors (Lipinski definition) is 1. The highest BCUT2D eigenvalue weighted by atomic mass is 35.5. The fourth-order valence-electron chi connectivity index (χ4n) is 2.41. The van der Waals surface area contributed by atoms with Gasteiger partial charge >= 0.3 is 0 Å². The number of rotatable bonds is 1. The largest absolute Gasteiger partial charge is 0.308 e. The summed E-state index contributed by atoms with van der Waals surface area (Å²) in [6, 6.07) is 10.0. The lowest BCUT2D eigenvalue weighted by atomic mass is 10.1. The summed E-state index contributed by atoms with van der Waals surface area (Å²) < 4.78 is 0. The molecule has 1 N–H and O–H groups in total. The smallest absolute Gasteiger partial charge is 0.269 e. The number of nitrogens with zero attached hydrogens (tertiary/aromatic N) is 1. The van der Waals surface area contributed by atoms with Crippen molar-refractivity contribution >= 4 is 34.5 Å². The molecule has 0 aliphatic carbocycles. The Morgan fingerprint density at radius 3 is 2.95 bits per heavy atom. The lowest BCUT2D eigenvalue weighted by Crippen LogP contribution is -2.39. The predicted octanol–water partition coefficient (Wildman–Crippen LogP) is 3.54. The van der Waals surface area contributed by atoms with E-state index in [2.05, 4.69) is 18.3 Å². The number of fused-ring (bicyclic) bond motifs is 1. The zero-order valence-electron chi connectivity index (χ0n) is 11.1. The van der Waals surface area contributed by atoms with Gasteiger partial charge in [-0.15, -0.1) is 11.3 Å². The molecule has 20 heavy (non-hydrogen) atoms. The van der Waals surface area contributed by atoms with Crippen LogP contribution in [0.5, 0.6) is 0 Å². The number of benzene rings is 1. The first-order chi connectivity index (χ1) is 9.66. The highest BCUT2D eigenvalue weighted by Crippen LogP contribution is 2.29. The Bertz CT molecular complexity index is 640. The van der Waals surface area contributed by atoms with E-state index < -0.39 is 0 Å². The number of hydrogen-bond acceptors (Lipinski definition) is 3. The molecule has 1 aromatic carbocycles. The van der Waals surface area contributed by atoms with Gasteiger partial charge in [-0.25, -0.2) is 0 Å². The van der Waals surface area contributed by atoms with E-state index in [0.717, 1.165) is 17.8 Å². The Hall–Kier alpha value is -1.36. The number of thiophene rings is 1. The fourth-order valence-corrected chi connectivity index (χ4v) is 3.49. The van der Waals surface area contributed by atoms with Crippen molar-refractivity contribution < 1.29 is 4.79 Å². The number of nitrogens with one attached hydrogen (secondary N) is 1. The molecule has 2 heterocycles. The molecule has 1 aromatic heterocycles. The Morgan fingerprint density at radius 1 is 1.40 bits per heavy atom. The minimum Gasteiger partial charge on any atom is -0.308 e. The van der Waals surface area contributed by atoms with Crippen molar-refractivity contribution in [2.24, 2.45) is 0 Å². The van der Waals surface area contributed by atoms with Gasteiger partial charge in [0.25, 0.3) is 5.91 Å². The van der Waals surface area contributed by atoms with E-state index >= 15 is 0 Å². The van der Waals surface area contributed by atoms with Crippen LogP contribution < -0.4 is 10.2 Å². The molecule has 2 aromatic rings. The van der Waals surface area contributed by atoms with Crippen LogP contribution >= 0.6 is 22.9 Å². The van der Waals surface area contributed by atoms with Crippen molar-refractivity contribution in [1.82, 2.24) is 5.32 Å². The third-order valence-electron chi connectivity index (χ3n) is 3.44. The summed E-state index contributed by atoms with van der Waals surface area (Å²) in [6.45, 7) is 3.51. The molecule has 0 saturated heterocycles. The summed E-state index contributed by atoms with van der Waals surface area (Å²) >= 11 is 7.50. The summed E-state index contributed by atoms with van der Waals surface area (Å²) in [4.78, 5) is 15.2. The van der Waals surface area contributed by atoms with E-state index in [0.29, 0.717) is 16.4 Å². The molecule has 0 spiro atoms. The lowest BCUT2D eigenvalue weighted by Gasteiger charge is -2.24. The maximum Gasteiger partial charge on any atom is 0.269 e. The number of para-hydroxylation sites is 1. The zero-order chi connectivity index (χ0) is 14.1. The van der Waals surface area contributed by atoms with Crippen LogP contribution in [0.15, 0.2) is 35.7 Å². The fraction of sp³-hybridized carbons (Fsp3) is 0.267. The number of carbonyl (C=O) groups excluding carboxylic acids is 1. The summed E-state index contributed by atoms with van der Waals surface area (Å²) in [5, 5.41) is 5.80. The van der Waals surface area contributed by atoms with Crippen molar-refractivity contribution in [3.8, 4) is 0 Å². The normalized spacial score (nSPS) is 18.5. The summed E-state index contributed by atoms with van der Waals surface area (Å²) in [6.07, 6.45) is 0. The molecule has 5 heteroatoms. The maximum atomic E-state index is 12.8. The van der Waals surface area contributed by atoms with Gasteiger partial charge in [-0.3, -0.25) is 4.79 Å². The SMILES string of the molecule is CC1CN(C(=O)c2sccc2Cl)c2ccccc2CN1. The quantitative estimate of drug-likeness (QED) is 0.874. The molecule has 0 fully saturated rings. The second-order valence-electron chi connectivity index (χ2n) is 4.92. The van der Waals surface area contributed by atoms with Crippen LogP contribution in [0.25, 0.3) is 0 Å². The second kappa shape index (κ2) is 5.56. The van der Waals surface area contributed by atoms with Gasteiger partial charge in [0.15, 0.2) is 0 Å². The molecule has 3 rings (SSSR count). The average molecular weight is 307 g/mol. The van der Waals surface area contributed by atoms with Gasteiger partial charge in [-0.2, -0.15) is 0 Å². The van der Waals surface area contributed by atoms with Crippen molar-refractivity contribution in [2.75, 3.05) is 11.4 Å². The number of carbonyl (C=O) groups is 1. The Kier molecular flexibility index (Phi) is 3.78. The standard InChI is InChI=1S/C15H15ClN2OS/c1-10-9-18(15(19)14-12(16)6-7-20-14)13-5-3-2-4-11(13)8-17-10/h2-7,10,17H,8-9H2,1H3. The molecule has 1 aliphatic heterocycles. The number of anilines is 1. The van der Waals surface area contributed by atoms with E-state index in [4.69, 9.17) is 11.6 Å². The molecule has 3 nitrogen and oxygen atoms in total. The van der Waals surface area contributed by atoms with Crippen LogP contribution in [0.4, 0.5) is 5.69 Å². The topological polar surface area (TPSA) is 32.3 Å². The van der Waals surface area contributed by atoms with Crippen LogP contribution in [-0.4, -0.2) is 18.5 Å². The van der Waals surface area contributed by atoms with Crippen LogP contribution in [-0.2, 0) is 6.54 Å². The Balaban J connectivity index is 2.03. The van der Waals surface area contributed by atoms with Gasteiger partial charge in [0, 0.05) is 24.8 Å². The summed E-state index contributed by atoms with van der Waals surface area (Å²) in [5.41, 5.74) is 2.11. The monoisotopic (exact) mass is 306 g/mol.